The summed E-state index contributed by atoms with van der Waals surface area (Å²) in [5, 5.41) is 13.1. The van der Waals surface area contributed by atoms with Crippen molar-refractivity contribution in [1.29, 1.82) is 0 Å². The van der Waals surface area contributed by atoms with E-state index >= 15 is 0 Å². The van der Waals surface area contributed by atoms with Gasteiger partial charge in [0.2, 0.25) is 0 Å². The minimum absolute atomic E-state index is 0.218. The molecule has 138 valence electrons. The summed E-state index contributed by atoms with van der Waals surface area (Å²) < 4.78 is 13.8. The van der Waals surface area contributed by atoms with Crippen LogP contribution in [0.3, 0.4) is 0 Å². The number of aliphatic hydroxyl groups excluding tert-OH is 1. The lowest BCUT2D eigenvalue weighted by molar-refractivity contribution is 0.0942. The van der Waals surface area contributed by atoms with E-state index in [2.05, 4.69) is 10.3 Å². The van der Waals surface area contributed by atoms with Crippen LogP contribution < -0.4 is 5.32 Å². The van der Waals surface area contributed by atoms with Crippen LogP contribution in [-0.2, 0) is 0 Å². The minimum Gasteiger partial charge on any atom is -0.388 e. The smallest absolute Gasteiger partial charge is 0.252 e. The van der Waals surface area contributed by atoms with Crippen molar-refractivity contribution in [3.63, 3.8) is 0 Å². The number of pyridine rings is 1. The maximum atomic E-state index is 13.8. The van der Waals surface area contributed by atoms with E-state index in [1.165, 1.54) is 12.3 Å². The van der Waals surface area contributed by atoms with Crippen molar-refractivity contribution < 1.29 is 14.3 Å². The highest BCUT2D eigenvalue weighted by Gasteiger charge is 2.11. The SMILES string of the molecule is Cc1ccc(C(=O)NCCC(O)c2ccc(-c3ccccc3F)cc2)cn1. The summed E-state index contributed by atoms with van der Waals surface area (Å²) in [6, 6.07) is 17.2. The fourth-order valence-electron chi connectivity index (χ4n) is 2.77. The lowest BCUT2D eigenvalue weighted by atomic mass is 10.0. The van der Waals surface area contributed by atoms with E-state index in [-0.39, 0.29) is 11.7 Å². The topological polar surface area (TPSA) is 62.2 Å². The van der Waals surface area contributed by atoms with Gasteiger partial charge >= 0.3 is 0 Å². The van der Waals surface area contributed by atoms with Crippen LogP contribution in [0, 0.1) is 12.7 Å². The molecule has 0 bridgehead atoms. The standard InChI is InChI=1S/C22H21FN2O2/c1-15-6-7-18(14-25-15)22(27)24-13-12-21(26)17-10-8-16(9-11-17)19-4-2-3-5-20(19)23/h2-11,14,21,26H,12-13H2,1H3,(H,24,27). The average Bonchev–Trinajstić information content (AvgIpc) is 2.69. The molecule has 3 rings (SSSR count). The Balaban J connectivity index is 1.55. The Hall–Kier alpha value is -3.05. The number of hydrogen-bond acceptors (Lipinski definition) is 3. The molecular formula is C22H21FN2O2. The number of aromatic nitrogens is 1. The first-order valence-electron chi connectivity index (χ1n) is 8.78. The van der Waals surface area contributed by atoms with Gasteiger partial charge < -0.3 is 10.4 Å². The molecule has 2 aromatic carbocycles. The third-order valence-electron chi connectivity index (χ3n) is 4.36. The third-order valence-corrected chi connectivity index (χ3v) is 4.36. The van der Waals surface area contributed by atoms with Crippen molar-refractivity contribution in [2.24, 2.45) is 0 Å². The molecule has 1 aromatic heterocycles. The number of carbonyl (C=O) groups is 1. The molecule has 27 heavy (non-hydrogen) atoms. The van der Waals surface area contributed by atoms with Gasteiger partial charge in [0.05, 0.1) is 11.7 Å². The molecule has 0 spiro atoms. The van der Waals surface area contributed by atoms with E-state index < -0.39 is 6.10 Å². The van der Waals surface area contributed by atoms with Crippen LogP contribution in [0.5, 0.6) is 0 Å². The van der Waals surface area contributed by atoms with Gasteiger partial charge in [0.1, 0.15) is 5.82 Å². The van der Waals surface area contributed by atoms with Gasteiger partial charge in [-0.05, 0) is 42.7 Å². The lowest BCUT2D eigenvalue weighted by Crippen LogP contribution is -2.25. The molecule has 2 N–H and O–H groups in total. The average molecular weight is 364 g/mol. The number of nitrogens with one attached hydrogen (secondary N) is 1. The van der Waals surface area contributed by atoms with Crippen molar-refractivity contribution >= 4 is 5.91 Å². The number of hydrogen-bond donors (Lipinski definition) is 2. The number of nitrogens with zero attached hydrogens (tertiary/aromatic N) is 1. The van der Waals surface area contributed by atoms with Crippen LogP contribution in [0.4, 0.5) is 4.39 Å². The van der Waals surface area contributed by atoms with Gasteiger partial charge in [-0.2, -0.15) is 0 Å². The van der Waals surface area contributed by atoms with Crippen molar-refractivity contribution in [2.75, 3.05) is 6.54 Å². The molecule has 0 saturated carbocycles. The molecule has 0 fully saturated rings. The maximum Gasteiger partial charge on any atom is 0.252 e. The van der Waals surface area contributed by atoms with E-state index in [1.54, 1.807) is 54.6 Å². The molecule has 0 saturated heterocycles. The first-order chi connectivity index (χ1) is 13.0. The highest BCUT2D eigenvalue weighted by molar-refractivity contribution is 5.93. The normalized spacial score (nSPS) is 11.8. The molecule has 0 radical (unpaired) electrons. The predicted octanol–water partition coefficient (Wildman–Crippen LogP) is 4.05. The highest BCUT2D eigenvalue weighted by atomic mass is 19.1. The molecule has 1 amide bonds. The van der Waals surface area contributed by atoms with Crippen molar-refractivity contribution in [3.8, 4) is 11.1 Å². The van der Waals surface area contributed by atoms with Gasteiger partial charge in [-0.3, -0.25) is 9.78 Å². The molecule has 1 unspecified atom stereocenters. The maximum absolute atomic E-state index is 13.8. The van der Waals surface area contributed by atoms with E-state index in [9.17, 15) is 14.3 Å². The zero-order valence-electron chi connectivity index (χ0n) is 15.0. The summed E-state index contributed by atoms with van der Waals surface area (Å²) in [5.74, 6) is -0.497. The van der Waals surface area contributed by atoms with Gasteiger partial charge in [0.25, 0.3) is 5.91 Å². The lowest BCUT2D eigenvalue weighted by Gasteiger charge is -2.13. The van der Waals surface area contributed by atoms with Gasteiger partial charge in [-0.25, -0.2) is 4.39 Å². The summed E-state index contributed by atoms with van der Waals surface area (Å²) in [6.07, 6.45) is 1.20. The molecule has 1 heterocycles. The number of amides is 1. The minimum atomic E-state index is -0.712. The number of rotatable bonds is 6. The second-order valence-electron chi connectivity index (χ2n) is 6.35. The summed E-state index contributed by atoms with van der Waals surface area (Å²) >= 11 is 0. The summed E-state index contributed by atoms with van der Waals surface area (Å²) in [6.45, 7) is 2.19. The van der Waals surface area contributed by atoms with E-state index in [0.29, 0.717) is 24.1 Å². The van der Waals surface area contributed by atoms with Gasteiger partial charge in [-0.15, -0.1) is 0 Å². The van der Waals surface area contributed by atoms with Gasteiger partial charge in [0.15, 0.2) is 0 Å². The van der Waals surface area contributed by atoms with Gasteiger partial charge in [0, 0.05) is 24.0 Å². The van der Waals surface area contributed by atoms with Crippen LogP contribution >= 0.6 is 0 Å². The fraction of sp³-hybridized carbons (Fsp3) is 0.182. The van der Waals surface area contributed by atoms with Crippen molar-refractivity contribution in [1.82, 2.24) is 10.3 Å². The molecule has 0 aliphatic rings. The summed E-state index contributed by atoms with van der Waals surface area (Å²) in [7, 11) is 0. The number of carbonyl (C=O) groups excluding carboxylic acids is 1. The van der Waals surface area contributed by atoms with E-state index in [4.69, 9.17) is 0 Å². The Morgan fingerprint density at radius 1 is 1.11 bits per heavy atom. The van der Waals surface area contributed by atoms with Crippen LogP contribution in [0.15, 0.2) is 66.9 Å². The Labute approximate surface area is 157 Å². The number of halogens is 1. The van der Waals surface area contributed by atoms with E-state index in [0.717, 1.165) is 16.8 Å². The number of aryl methyl sites for hydroxylation is 1. The summed E-state index contributed by atoms with van der Waals surface area (Å²) in [5.41, 5.74) is 3.34. The number of aliphatic hydroxyl groups is 1. The van der Waals surface area contributed by atoms with Crippen LogP contribution in [0.2, 0.25) is 0 Å². The quantitative estimate of drug-likeness (QED) is 0.694. The summed E-state index contributed by atoms with van der Waals surface area (Å²) in [4.78, 5) is 16.1. The predicted molar refractivity (Wildman–Crippen MR) is 103 cm³/mol. The Bertz CT molecular complexity index is 908. The highest BCUT2D eigenvalue weighted by Crippen LogP contribution is 2.25. The van der Waals surface area contributed by atoms with Crippen LogP contribution in [0.1, 0.15) is 34.1 Å². The first-order valence-corrected chi connectivity index (χ1v) is 8.78. The second-order valence-corrected chi connectivity index (χ2v) is 6.35. The molecule has 5 heteroatoms. The molecule has 0 aliphatic carbocycles. The largest absolute Gasteiger partial charge is 0.388 e. The molecule has 3 aromatic rings. The Morgan fingerprint density at radius 2 is 1.85 bits per heavy atom. The van der Waals surface area contributed by atoms with Crippen LogP contribution in [-0.4, -0.2) is 22.5 Å². The molecule has 0 aliphatic heterocycles. The zero-order chi connectivity index (χ0) is 19.2. The van der Waals surface area contributed by atoms with Crippen molar-refractivity contribution in [2.45, 2.75) is 19.4 Å². The molecule has 4 nitrogen and oxygen atoms in total. The second kappa shape index (κ2) is 8.56. The molecular weight excluding hydrogens is 343 g/mol. The Morgan fingerprint density at radius 3 is 2.52 bits per heavy atom. The van der Waals surface area contributed by atoms with E-state index in [1.807, 2.05) is 6.92 Å². The van der Waals surface area contributed by atoms with Crippen LogP contribution in [0.25, 0.3) is 11.1 Å². The first kappa shape index (κ1) is 18.7. The number of benzene rings is 2. The van der Waals surface area contributed by atoms with Gasteiger partial charge in [-0.1, -0.05) is 42.5 Å². The molecule has 1 atom stereocenters. The monoisotopic (exact) mass is 364 g/mol. The third kappa shape index (κ3) is 4.77. The fourth-order valence-corrected chi connectivity index (χ4v) is 2.77. The Kier molecular flexibility index (Phi) is 5.94. The van der Waals surface area contributed by atoms with Crippen molar-refractivity contribution in [3.05, 3.63) is 89.5 Å². The zero-order valence-corrected chi connectivity index (χ0v) is 15.0.